The number of carbonyl (C=O) groups is 1. The van der Waals surface area contributed by atoms with E-state index in [-0.39, 0.29) is 11.4 Å². The van der Waals surface area contributed by atoms with E-state index in [9.17, 15) is 4.79 Å². The largest absolute Gasteiger partial charge is 0.378 e. The Hall–Kier alpha value is -2.77. The molecule has 2 aromatic carbocycles. The van der Waals surface area contributed by atoms with E-state index in [0.29, 0.717) is 12.5 Å². The fourth-order valence-corrected chi connectivity index (χ4v) is 6.95. The number of amidine groups is 1. The van der Waals surface area contributed by atoms with Crippen molar-refractivity contribution >= 4 is 46.0 Å². The molecule has 2 fully saturated rings. The molecule has 7 heteroatoms. The first kappa shape index (κ1) is 25.9. The molecule has 2 aromatic rings. The van der Waals surface area contributed by atoms with Crippen LogP contribution in [-0.2, 0) is 9.53 Å². The van der Waals surface area contributed by atoms with Crippen LogP contribution < -0.4 is 9.80 Å². The molecule has 3 aliphatic heterocycles. The Bertz CT molecular complexity index is 1210. The number of carbonyl (C=O) groups excluding carboxylic acids is 1. The highest BCUT2D eigenvalue weighted by molar-refractivity contribution is 8.18. The lowest BCUT2D eigenvalue weighted by molar-refractivity contribution is -0.122. The molecule has 0 radical (unpaired) electrons. The molecule has 0 bridgehead atoms. The minimum Gasteiger partial charge on any atom is -0.378 e. The van der Waals surface area contributed by atoms with Gasteiger partial charge in [0.05, 0.1) is 23.8 Å². The van der Waals surface area contributed by atoms with Crippen molar-refractivity contribution in [2.75, 3.05) is 49.2 Å². The van der Waals surface area contributed by atoms with Crippen molar-refractivity contribution in [3.8, 4) is 0 Å². The fourth-order valence-electron chi connectivity index (χ4n) is 5.89. The maximum atomic E-state index is 13.3. The molecule has 5 rings (SSSR count). The van der Waals surface area contributed by atoms with E-state index < -0.39 is 0 Å². The first-order valence-electron chi connectivity index (χ1n) is 13.4. The number of ether oxygens (including phenoxy) is 1. The Balaban J connectivity index is 1.38. The highest BCUT2D eigenvalue weighted by atomic mass is 32.2. The molecule has 37 heavy (non-hydrogen) atoms. The van der Waals surface area contributed by atoms with Crippen molar-refractivity contribution in [2.24, 2.45) is 4.99 Å². The van der Waals surface area contributed by atoms with Gasteiger partial charge in [-0.3, -0.25) is 9.69 Å². The lowest BCUT2D eigenvalue weighted by Crippen LogP contribution is -2.48. The van der Waals surface area contributed by atoms with Crippen LogP contribution in [0.5, 0.6) is 0 Å². The van der Waals surface area contributed by atoms with Gasteiger partial charge in [0.2, 0.25) is 0 Å². The lowest BCUT2D eigenvalue weighted by atomic mass is 9.79. The molecule has 0 spiro atoms. The number of morpholine rings is 1. The summed E-state index contributed by atoms with van der Waals surface area (Å²) in [4.78, 5) is 25.4. The third-order valence-electron chi connectivity index (χ3n) is 7.68. The zero-order chi connectivity index (χ0) is 26.2. The average Bonchev–Trinajstić information content (AvgIpc) is 3.18. The Morgan fingerprint density at radius 1 is 1.08 bits per heavy atom. The van der Waals surface area contributed by atoms with Crippen molar-refractivity contribution in [2.45, 2.75) is 52.5 Å². The highest BCUT2D eigenvalue weighted by Crippen LogP contribution is 2.44. The number of anilines is 2. The molecule has 196 valence electrons. The lowest BCUT2D eigenvalue weighted by Gasteiger charge is -2.47. The highest BCUT2D eigenvalue weighted by Gasteiger charge is 2.36. The second-order valence-corrected chi connectivity index (χ2v) is 11.7. The van der Waals surface area contributed by atoms with Crippen LogP contribution in [0.15, 0.2) is 52.4 Å². The molecular weight excluding hydrogens is 480 g/mol. The van der Waals surface area contributed by atoms with E-state index in [1.165, 1.54) is 28.7 Å². The quantitative estimate of drug-likeness (QED) is 0.437. The van der Waals surface area contributed by atoms with Gasteiger partial charge in [0.15, 0.2) is 5.17 Å². The Morgan fingerprint density at radius 3 is 2.49 bits per heavy atom. The summed E-state index contributed by atoms with van der Waals surface area (Å²) in [6.45, 7) is 16.1. The number of amides is 1. The van der Waals surface area contributed by atoms with E-state index in [1.54, 1.807) is 4.90 Å². The van der Waals surface area contributed by atoms with Gasteiger partial charge in [0.25, 0.3) is 5.91 Å². The number of hydrogen-bond donors (Lipinski definition) is 0. The van der Waals surface area contributed by atoms with Gasteiger partial charge in [-0.15, -0.1) is 0 Å². The number of aliphatic imine (C=N–C) groups is 1. The Morgan fingerprint density at radius 2 is 1.81 bits per heavy atom. The van der Waals surface area contributed by atoms with Crippen molar-refractivity contribution in [1.82, 2.24) is 4.90 Å². The standard InChI is InChI=1S/C30H38N4O2S/c1-6-33-28(35)27(19-22-8-13-26-25(18-22)21(3)20-30(4,5)34(26)7-2)37-29(33)31-23-9-11-24(12-10-23)32-14-16-36-17-15-32/h8-13,18-19,21H,6-7,14-17,20H2,1-5H3/b27-19+,31-29?. The third-order valence-corrected chi connectivity index (χ3v) is 8.69. The average molecular weight is 519 g/mol. The monoisotopic (exact) mass is 518 g/mol. The van der Waals surface area contributed by atoms with Gasteiger partial charge in [-0.05, 0) is 105 Å². The summed E-state index contributed by atoms with van der Waals surface area (Å²) < 4.78 is 5.46. The zero-order valence-electron chi connectivity index (χ0n) is 22.7. The van der Waals surface area contributed by atoms with Crippen LogP contribution in [0.4, 0.5) is 17.1 Å². The van der Waals surface area contributed by atoms with Gasteiger partial charge in [-0.2, -0.15) is 0 Å². The van der Waals surface area contributed by atoms with E-state index in [2.05, 4.69) is 67.8 Å². The van der Waals surface area contributed by atoms with E-state index in [0.717, 1.165) is 60.6 Å². The summed E-state index contributed by atoms with van der Waals surface area (Å²) in [5, 5.41) is 0.739. The normalized spacial score (nSPS) is 23.8. The van der Waals surface area contributed by atoms with E-state index in [4.69, 9.17) is 9.73 Å². The number of likely N-dealkylation sites (N-methyl/N-ethyl adjacent to an activating group) is 1. The maximum absolute atomic E-state index is 13.3. The number of fused-ring (bicyclic) bond motifs is 1. The number of thioether (sulfide) groups is 1. The van der Waals surface area contributed by atoms with Gasteiger partial charge in [-0.1, -0.05) is 13.0 Å². The molecule has 1 amide bonds. The smallest absolute Gasteiger partial charge is 0.266 e. The Labute approximate surface area is 225 Å². The van der Waals surface area contributed by atoms with Crippen LogP contribution in [0, 0.1) is 0 Å². The molecule has 1 unspecified atom stereocenters. The first-order valence-corrected chi connectivity index (χ1v) is 14.3. The van der Waals surface area contributed by atoms with Crippen molar-refractivity contribution in [3.63, 3.8) is 0 Å². The van der Waals surface area contributed by atoms with Crippen molar-refractivity contribution in [3.05, 3.63) is 58.5 Å². The minimum atomic E-state index is 0.0262. The van der Waals surface area contributed by atoms with Crippen LogP contribution in [-0.4, -0.2) is 60.9 Å². The van der Waals surface area contributed by atoms with Crippen molar-refractivity contribution < 1.29 is 9.53 Å². The molecule has 0 N–H and O–H groups in total. The maximum Gasteiger partial charge on any atom is 0.266 e. The van der Waals surface area contributed by atoms with Crippen LogP contribution in [0.1, 0.15) is 58.1 Å². The van der Waals surface area contributed by atoms with Gasteiger partial charge < -0.3 is 14.5 Å². The fraction of sp³-hybridized carbons (Fsp3) is 0.467. The van der Waals surface area contributed by atoms with Gasteiger partial charge in [0.1, 0.15) is 0 Å². The predicted octanol–water partition coefficient (Wildman–Crippen LogP) is 6.26. The molecule has 0 saturated carbocycles. The number of nitrogens with zero attached hydrogens (tertiary/aromatic N) is 4. The van der Waals surface area contributed by atoms with Crippen LogP contribution in [0.3, 0.4) is 0 Å². The summed E-state index contributed by atoms with van der Waals surface area (Å²) in [6.07, 6.45) is 3.15. The molecule has 2 saturated heterocycles. The van der Waals surface area contributed by atoms with Crippen LogP contribution in [0.2, 0.25) is 0 Å². The molecule has 3 aliphatic rings. The van der Waals surface area contributed by atoms with Gasteiger partial charge in [-0.25, -0.2) is 4.99 Å². The molecule has 6 nitrogen and oxygen atoms in total. The summed E-state index contributed by atoms with van der Waals surface area (Å²) in [6, 6.07) is 14.9. The molecular formula is C30H38N4O2S. The predicted molar refractivity (Wildman–Crippen MR) is 156 cm³/mol. The minimum absolute atomic E-state index is 0.0262. The summed E-state index contributed by atoms with van der Waals surface area (Å²) >= 11 is 1.47. The molecule has 3 heterocycles. The molecule has 1 atom stereocenters. The van der Waals surface area contributed by atoms with Gasteiger partial charge in [0, 0.05) is 43.1 Å². The summed E-state index contributed by atoms with van der Waals surface area (Å²) in [5.74, 6) is 0.501. The van der Waals surface area contributed by atoms with E-state index in [1.807, 2.05) is 25.1 Å². The summed E-state index contributed by atoms with van der Waals surface area (Å²) in [7, 11) is 0. The number of hydrogen-bond acceptors (Lipinski definition) is 6. The second kappa shape index (κ2) is 10.5. The SMILES string of the molecule is CCN1C(=O)/C(=C\c2ccc3c(c2)C(C)CC(C)(C)N3CC)SC1=Nc1ccc(N2CCOCC2)cc1. The molecule has 0 aromatic heterocycles. The first-order chi connectivity index (χ1) is 17.8. The van der Waals surface area contributed by atoms with Crippen LogP contribution in [0.25, 0.3) is 6.08 Å². The van der Waals surface area contributed by atoms with E-state index >= 15 is 0 Å². The van der Waals surface area contributed by atoms with Crippen LogP contribution >= 0.6 is 11.8 Å². The Kier molecular flexibility index (Phi) is 7.37. The third kappa shape index (κ3) is 5.16. The topological polar surface area (TPSA) is 48.4 Å². The van der Waals surface area contributed by atoms with Crippen molar-refractivity contribution in [1.29, 1.82) is 0 Å². The second-order valence-electron chi connectivity index (χ2n) is 10.7. The zero-order valence-corrected chi connectivity index (χ0v) is 23.5. The number of rotatable bonds is 5. The molecule has 0 aliphatic carbocycles. The summed E-state index contributed by atoms with van der Waals surface area (Å²) in [5.41, 5.74) is 5.94. The van der Waals surface area contributed by atoms with Gasteiger partial charge >= 0.3 is 0 Å². The number of benzene rings is 2.